The number of hydrogen-bond acceptors (Lipinski definition) is 5. The first-order valence-electron chi connectivity index (χ1n) is 6.97. The molecule has 122 valence electrons. The van der Waals surface area contributed by atoms with Crippen molar-refractivity contribution in [2.75, 3.05) is 14.2 Å². The Hall–Kier alpha value is -2.34. The van der Waals surface area contributed by atoms with Gasteiger partial charge in [0.1, 0.15) is 5.25 Å². The summed E-state index contributed by atoms with van der Waals surface area (Å²) < 4.78 is 35.4. The van der Waals surface area contributed by atoms with Crippen molar-refractivity contribution >= 4 is 15.6 Å². The fourth-order valence-electron chi connectivity index (χ4n) is 2.18. The third-order valence-corrected chi connectivity index (χ3v) is 5.65. The van der Waals surface area contributed by atoms with Crippen LogP contribution < -0.4 is 9.47 Å². The van der Waals surface area contributed by atoms with Gasteiger partial charge in [-0.25, -0.2) is 8.42 Å². The SMILES string of the molecule is COc1ccc(C(=O)[C@@H](C)S(=O)(=O)c2ccccc2)cc1OC. The number of benzene rings is 2. The maximum Gasteiger partial charge on any atom is 0.188 e. The highest BCUT2D eigenvalue weighted by Crippen LogP contribution is 2.29. The Morgan fingerprint density at radius 1 is 0.957 bits per heavy atom. The Morgan fingerprint density at radius 3 is 2.13 bits per heavy atom. The zero-order chi connectivity index (χ0) is 17.0. The smallest absolute Gasteiger partial charge is 0.188 e. The molecular weight excluding hydrogens is 316 g/mol. The van der Waals surface area contributed by atoms with E-state index in [1.54, 1.807) is 24.3 Å². The Bertz CT molecular complexity index is 797. The van der Waals surface area contributed by atoms with E-state index in [0.717, 1.165) is 0 Å². The molecule has 0 saturated carbocycles. The van der Waals surface area contributed by atoms with Crippen LogP contribution in [-0.4, -0.2) is 33.7 Å². The number of Topliss-reactive ketones (excluding diaryl/α,β-unsaturated/α-hetero) is 1. The molecule has 0 heterocycles. The quantitative estimate of drug-likeness (QED) is 0.760. The topological polar surface area (TPSA) is 69.7 Å². The average Bonchev–Trinajstić information content (AvgIpc) is 2.60. The van der Waals surface area contributed by atoms with E-state index < -0.39 is 20.9 Å². The van der Waals surface area contributed by atoms with Crippen LogP contribution >= 0.6 is 0 Å². The van der Waals surface area contributed by atoms with E-state index in [1.807, 2.05) is 0 Å². The van der Waals surface area contributed by atoms with Crippen molar-refractivity contribution in [2.24, 2.45) is 0 Å². The maximum atomic E-state index is 12.6. The van der Waals surface area contributed by atoms with E-state index in [4.69, 9.17) is 9.47 Å². The number of ketones is 1. The second-order valence-electron chi connectivity index (χ2n) is 4.93. The lowest BCUT2D eigenvalue weighted by atomic mass is 10.1. The zero-order valence-corrected chi connectivity index (χ0v) is 14.0. The molecule has 0 aromatic heterocycles. The number of carbonyl (C=O) groups is 1. The van der Waals surface area contributed by atoms with Gasteiger partial charge in [-0.3, -0.25) is 4.79 Å². The van der Waals surface area contributed by atoms with Gasteiger partial charge < -0.3 is 9.47 Å². The van der Waals surface area contributed by atoms with Crippen molar-refractivity contribution in [3.8, 4) is 11.5 Å². The van der Waals surface area contributed by atoms with Gasteiger partial charge in [-0.15, -0.1) is 0 Å². The van der Waals surface area contributed by atoms with E-state index in [9.17, 15) is 13.2 Å². The number of rotatable bonds is 6. The predicted molar refractivity (Wildman–Crippen MR) is 87.0 cm³/mol. The molecule has 2 rings (SSSR count). The standard InChI is InChI=1S/C17H18O5S/c1-12(23(19,20)14-7-5-4-6-8-14)17(18)13-9-10-15(21-2)16(11-13)22-3/h4-12H,1-3H3/t12-/m1/s1. The monoisotopic (exact) mass is 334 g/mol. The van der Waals surface area contributed by atoms with Crippen molar-refractivity contribution in [1.29, 1.82) is 0 Å². The van der Waals surface area contributed by atoms with Gasteiger partial charge in [0.05, 0.1) is 19.1 Å². The second-order valence-corrected chi connectivity index (χ2v) is 7.20. The van der Waals surface area contributed by atoms with Crippen LogP contribution in [0.5, 0.6) is 11.5 Å². The molecule has 1 atom stereocenters. The minimum absolute atomic E-state index is 0.126. The predicted octanol–water partition coefficient (Wildman–Crippen LogP) is 2.75. The lowest BCUT2D eigenvalue weighted by Crippen LogP contribution is -2.27. The lowest BCUT2D eigenvalue weighted by Gasteiger charge is -2.14. The molecule has 0 aliphatic rings. The van der Waals surface area contributed by atoms with Crippen LogP contribution in [0.25, 0.3) is 0 Å². The molecule has 2 aromatic carbocycles. The van der Waals surface area contributed by atoms with Crippen LogP contribution in [-0.2, 0) is 9.84 Å². The molecule has 0 spiro atoms. The van der Waals surface area contributed by atoms with Gasteiger partial charge in [-0.05, 0) is 37.3 Å². The van der Waals surface area contributed by atoms with E-state index in [1.165, 1.54) is 45.4 Å². The summed E-state index contributed by atoms with van der Waals surface area (Å²) in [6.45, 7) is 1.39. The van der Waals surface area contributed by atoms with Gasteiger partial charge in [0.2, 0.25) is 0 Å². The summed E-state index contributed by atoms with van der Waals surface area (Å²) in [5.74, 6) is 0.361. The summed E-state index contributed by atoms with van der Waals surface area (Å²) in [6, 6.07) is 12.5. The normalized spacial score (nSPS) is 12.5. The molecule has 0 saturated heterocycles. The average molecular weight is 334 g/mol. The summed E-state index contributed by atoms with van der Waals surface area (Å²) in [5, 5.41) is -1.19. The van der Waals surface area contributed by atoms with Gasteiger partial charge in [-0.1, -0.05) is 18.2 Å². The van der Waals surface area contributed by atoms with Crippen molar-refractivity contribution in [1.82, 2.24) is 0 Å². The molecule has 0 bridgehead atoms. The molecule has 5 nitrogen and oxygen atoms in total. The summed E-state index contributed by atoms with van der Waals surface area (Å²) in [4.78, 5) is 12.7. The van der Waals surface area contributed by atoms with Crippen molar-refractivity contribution in [3.05, 3.63) is 54.1 Å². The van der Waals surface area contributed by atoms with Crippen LogP contribution in [0, 0.1) is 0 Å². The largest absolute Gasteiger partial charge is 0.493 e. The summed E-state index contributed by atoms with van der Waals surface area (Å²) >= 11 is 0. The van der Waals surface area contributed by atoms with Crippen molar-refractivity contribution in [2.45, 2.75) is 17.1 Å². The number of methoxy groups -OCH3 is 2. The Labute approximate surface area is 135 Å². The zero-order valence-electron chi connectivity index (χ0n) is 13.1. The second kappa shape index (κ2) is 6.83. The third kappa shape index (κ3) is 3.37. The third-order valence-electron chi connectivity index (χ3n) is 3.57. The maximum absolute atomic E-state index is 12.6. The highest BCUT2D eigenvalue weighted by Gasteiger charge is 2.30. The minimum Gasteiger partial charge on any atom is -0.493 e. The Kier molecular flexibility index (Phi) is 5.05. The van der Waals surface area contributed by atoms with E-state index in [-0.39, 0.29) is 10.5 Å². The van der Waals surface area contributed by atoms with Crippen LogP contribution in [0.1, 0.15) is 17.3 Å². The van der Waals surface area contributed by atoms with Gasteiger partial charge in [-0.2, -0.15) is 0 Å². The fourth-order valence-corrected chi connectivity index (χ4v) is 3.54. The highest BCUT2D eigenvalue weighted by molar-refractivity contribution is 7.92. The molecule has 6 heteroatoms. The number of sulfone groups is 1. The Morgan fingerprint density at radius 2 is 1.57 bits per heavy atom. The first-order chi connectivity index (χ1) is 10.9. The molecule has 0 unspecified atom stereocenters. The molecule has 0 fully saturated rings. The van der Waals surface area contributed by atoms with E-state index in [2.05, 4.69) is 0 Å². The molecule has 23 heavy (non-hydrogen) atoms. The molecule has 2 aromatic rings. The molecule has 0 aliphatic heterocycles. The van der Waals surface area contributed by atoms with Crippen molar-refractivity contribution < 1.29 is 22.7 Å². The first kappa shape index (κ1) is 17.0. The van der Waals surface area contributed by atoms with Crippen LogP contribution in [0.15, 0.2) is 53.4 Å². The van der Waals surface area contributed by atoms with Gasteiger partial charge in [0.25, 0.3) is 0 Å². The molecular formula is C17H18O5S. The van der Waals surface area contributed by atoms with Crippen LogP contribution in [0.2, 0.25) is 0 Å². The number of hydrogen-bond donors (Lipinski definition) is 0. The van der Waals surface area contributed by atoms with Crippen molar-refractivity contribution in [3.63, 3.8) is 0 Å². The fraction of sp³-hybridized carbons (Fsp3) is 0.235. The van der Waals surface area contributed by atoms with Gasteiger partial charge in [0.15, 0.2) is 27.1 Å². The minimum atomic E-state index is -3.74. The number of ether oxygens (including phenoxy) is 2. The Balaban J connectivity index is 2.37. The first-order valence-corrected chi connectivity index (χ1v) is 8.51. The van der Waals surface area contributed by atoms with Crippen LogP contribution in [0.4, 0.5) is 0 Å². The molecule has 0 aliphatic carbocycles. The molecule has 0 amide bonds. The summed E-state index contributed by atoms with van der Waals surface area (Å²) in [6.07, 6.45) is 0. The lowest BCUT2D eigenvalue weighted by molar-refractivity contribution is 0.0991. The highest BCUT2D eigenvalue weighted by atomic mass is 32.2. The van der Waals surface area contributed by atoms with Gasteiger partial charge in [0, 0.05) is 5.56 Å². The molecule has 0 radical (unpaired) electrons. The summed E-state index contributed by atoms with van der Waals surface area (Å²) in [5.41, 5.74) is 0.259. The van der Waals surface area contributed by atoms with Crippen LogP contribution in [0.3, 0.4) is 0 Å². The van der Waals surface area contributed by atoms with Gasteiger partial charge >= 0.3 is 0 Å². The van der Waals surface area contributed by atoms with E-state index >= 15 is 0 Å². The number of carbonyl (C=O) groups excluding carboxylic acids is 1. The molecule has 0 N–H and O–H groups in total. The summed E-state index contributed by atoms with van der Waals surface area (Å²) in [7, 11) is -0.801. The van der Waals surface area contributed by atoms with E-state index in [0.29, 0.717) is 11.5 Å².